The van der Waals surface area contributed by atoms with Gasteiger partial charge in [-0.3, -0.25) is 9.79 Å². The zero-order valence-electron chi connectivity index (χ0n) is 17.4. The lowest BCUT2D eigenvalue weighted by Gasteiger charge is -2.30. The van der Waals surface area contributed by atoms with Gasteiger partial charge in [0.05, 0.1) is 6.54 Å². The van der Waals surface area contributed by atoms with E-state index in [1.807, 2.05) is 29.2 Å². The summed E-state index contributed by atoms with van der Waals surface area (Å²) in [6.07, 6.45) is 3.09. The number of benzene rings is 2. The summed E-state index contributed by atoms with van der Waals surface area (Å²) < 4.78 is 0. The average molecular weight is 519 g/mol. The minimum atomic E-state index is 0. The van der Waals surface area contributed by atoms with Crippen molar-refractivity contribution < 1.29 is 4.79 Å². The quantitative estimate of drug-likeness (QED) is 0.371. The van der Waals surface area contributed by atoms with E-state index in [4.69, 9.17) is 0 Å². The van der Waals surface area contributed by atoms with Crippen LogP contribution in [0, 0.1) is 0 Å². The average Bonchev–Trinajstić information content (AvgIpc) is 3.25. The van der Waals surface area contributed by atoms with E-state index < -0.39 is 0 Å². The van der Waals surface area contributed by atoms with E-state index in [2.05, 4.69) is 50.9 Å². The Bertz CT molecular complexity index is 873. The second kappa shape index (κ2) is 10.7. The van der Waals surface area contributed by atoms with Gasteiger partial charge in [0.25, 0.3) is 0 Å². The number of nitrogens with zero attached hydrogens (tertiary/aromatic N) is 3. The molecule has 0 aliphatic carbocycles. The number of aliphatic imine (C=N–C) groups is 1. The SMILES string of the molecule is CN=C(NCC(=O)N1CCCc2ccccc21)NC1CCN(c2ccccc2)C1.I. The number of halogens is 1. The first-order valence-electron chi connectivity index (χ1n) is 10.4. The van der Waals surface area contributed by atoms with E-state index in [0.717, 1.165) is 44.6 Å². The summed E-state index contributed by atoms with van der Waals surface area (Å²) in [7, 11) is 1.75. The van der Waals surface area contributed by atoms with Crippen molar-refractivity contribution in [3.63, 3.8) is 0 Å². The maximum atomic E-state index is 12.8. The van der Waals surface area contributed by atoms with Crippen molar-refractivity contribution >= 4 is 47.2 Å². The smallest absolute Gasteiger partial charge is 0.246 e. The lowest BCUT2D eigenvalue weighted by Crippen LogP contribution is -2.49. The summed E-state index contributed by atoms with van der Waals surface area (Å²) in [5, 5.41) is 6.68. The maximum absolute atomic E-state index is 12.8. The number of para-hydroxylation sites is 2. The molecule has 2 N–H and O–H groups in total. The molecule has 2 aromatic carbocycles. The van der Waals surface area contributed by atoms with Crippen molar-refractivity contribution in [3.8, 4) is 0 Å². The van der Waals surface area contributed by atoms with Crippen LogP contribution in [0.5, 0.6) is 0 Å². The van der Waals surface area contributed by atoms with Crippen LogP contribution in [0.4, 0.5) is 11.4 Å². The fraction of sp³-hybridized carbons (Fsp3) is 0.391. The highest BCUT2D eigenvalue weighted by Gasteiger charge is 2.25. The van der Waals surface area contributed by atoms with Crippen LogP contribution in [0.25, 0.3) is 0 Å². The second-order valence-electron chi connectivity index (χ2n) is 7.61. The van der Waals surface area contributed by atoms with Gasteiger partial charge in [0.15, 0.2) is 5.96 Å². The van der Waals surface area contributed by atoms with Crippen LogP contribution < -0.4 is 20.4 Å². The number of fused-ring (bicyclic) bond motifs is 1. The van der Waals surface area contributed by atoms with Crippen LogP contribution in [0.15, 0.2) is 59.6 Å². The van der Waals surface area contributed by atoms with Crippen LogP contribution >= 0.6 is 24.0 Å². The van der Waals surface area contributed by atoms with E-state index in [0.29, 0.717) is 12.0 Å². The zero-order valence-corrected chi connectivity index (χ0v) is 19.7. The van der Waals surface area contributed by atoms with Crippen molar-refractivity contribution in [2.24, 2.45) is 4.99 Å². The predicted molar refractivity (Wildman–Crippen MR) is 134 cm³/mol. The molecule has 30 heavy (non-hydrogen) atoms. The fourth-order valence-electron chi connectivity index (χ4n) is 4.19. The highest BCUT2D eigenvalue weighted by Crippen LogP contribution is 2.26. The molecule has 0 saturated carbocycles. The predicted octanol–water partition coefficient (Wildman–Crippen LogP) is 3.03. The van der Waals surface area contributed by atoms with Crippen LogP contribution in [0.2, 0.25) is 0 Å². The second-order valence-corrected chi connectivity index (χ2v) is 7.61. The Morgan fingerprint density at radius 2 is 1.87 bits per heavy atom. The molecule has 160 valence electrons. The van der Waals surface area contributed by atoms with Crippen molar-refractivity contribution in [1.82, 2.24) is 10.6 Å². The minimum Gasteiger partial charge on any atom is -0.369 e. The molecule has 1 fully saturated rings. The Morgan fingerprint density at radius 3 is 2.67 bits per heavy atom. The molecular weight excluding hydrogens is 489 g/mol. The minimum absolute atomic E-state index is 0. The number of aryl methyl sites for hydroxylation is 1. The monoisotopic (exact) mass is 519 g/mol. The van der Waals surface area contributed by atoms with E-state index in [1.165, 1.54) is 11.3 Å². The van der Waals surface area contributed by atoms with Gasteiger partial charge in [-0.05, 0) is 43.0 Å². The number of guanidine groups is 1. The molecule has 1 atom stereocenters. The molecule has 0 aromatic heterocycles. The van der Waals surface area contributed by atoms with Crippen molar-refractivity contribution in [3.05, 3.63) is 60.2 Å². The molecule has 0 bridgehead atoms. The van der Waals surface area contributed by atoms with Gasteiger partial charge in [0.2, 0.25) is 5.91 Å². The Morgan fingerprint density at radius 1 is 1.10 bits per heavy atom. The molecule has 2 aliphatic heterocycles. The van der Waals surface area contributed by atoms with Crippen molar-refractivity contribution in [1.29, 1.82) is 0 Å². The summed E-state index contributed by atoms with van der Waals surface area (Å²) >= 11 is 0. The molecule has 7 heteroatoms. The van der Waals surface area contributed by atoms with Gasteiger partial charge in [0, 0.05) is 44.1 Å². The lowest BCUT2D eigenvalue weighted by molar-refractivity contribution is -0.117. The molecular formula is C23H30IN5O. The number of amides is 1. The normalized spacial score (nSPS) is 18.4. The molecule has 6 nitrogen and oxygen atoms in total. The molecule has 0 radical (unpaired) electrons. The third-order valence-electron chi connectivity index (χ3n) is 5.69. The number of carbonyl (C=O) groups is 1. The first-order chi connectivity index (χ1) is 14.2. The summed E-state index contributed by atoms with van der Waals surface area (Å²) in [4.78, 5) is 21.4. The van der Waals surface area contributed by atoms with Crippen LogP contribution in [-0.4, -0.2) is 51.1 Å². The maximum Gasteiger partial charge on any atom is 0.246 e. The number of nitrogens with one attached hydrogen (secondary N) is 2. The molecule has 4 rings (SSSR count). The molecule has 0 spiro atoms. The standard InChI is InChI=1S/C23H29N5O.HI/c1-24-23(26-19-13-15-27(17-19)20-10-3-2-4-11-20)25-16-22(29)28-14-7-9-18-8-5-6-12-21(18)28;/h2-6,8,10-12,19H,7,9,13-17H2,1H3,(H2,24,25,26);1H. The van der Waals surface area contributed by atoms with Gasteiger partial charge in [-0.2, -0.15) is 0 Å². The number of anilines is 2. The third kappa shape index (κ3) is 5.24. The molecule has 1 saturated heterocycles. The highest BCUT2D eigenvalue weighted by atomic mass is 127. The summed E-state index contributed by atoms with van der Waals surface area (Å²) in [5.41, 5.74) is 3.54. The summed E-state index contributed by atoms with van der Waals surface area (Å²) in [5.74, 6) is 0.765. The third-order valence-corrected chi connectivity index (χ3v) is 5.69. The number of hydrogen-bond donors (Lipinski definition) is 2. The number of rotatable bonds is 4. The van der Waals surface area contributed by atoms with E-state index in [-0.39, 0.29) is 36.4 Å². The summed E-state index contributed by atoms with van der Waals surface area (Å²) in [6.45, 7) is 2.96. The van der Waals surface area contributed by atoms with Crippen LogP contribution in [0.1, 0.15) is 18.4 Å². The fourth-order valence-corrected chi connectivity index (χ4v) is 4.19. The van der Waals surface area contributed by atoms with Gasteiger partial charge < -0.3 is 20.4 Å². The Hall–Kier alpha value is -2.29. The van der Waals surface area contributed by atoms with Gasteiger partial charge in [-0.1, -0.05) is 36.4 Å². The Kier molecular flexibility index (Phi) is 7.95. The van der Waals surface area contributed by atoms with Gasteiger partial charge in [-0.25, -0.2) is 0 Å². The van der Waals surface area contributed by atoms with Gasteiger partial charge in [0.1, 0.15) is 0 Å². The van der Waals surface area contributed by atoms with Crippen LogP contribution in [-0.2, 0) is 11.2 Å². The van der Waals surface area contributed by atoms with Crippen LogP contribution in [0.3, 0.4) is 0 Å². The van der Waals surface area contributed by atoms with Crippen molar-refractivity contribution in [2.75, 3.05) is 43.0 Å². The Labute approximate surface area is 195 Å². The lowest BCUT2D eigenvalue weighted by atomic mass is 10.0. The highest BCUT2D eigenvalue weighted by molar-refractivity contribution is 14.0. The largest absolute Gasteiger partial charge is 0.369 e. The number of carbonyl (C=O) groups excluding carboxylic acids is 1. The zero-order chi connectivity index (χ0) is 20.1. The van der Waals surface area contributed by atoms with E-state index in [1.54, 1.807) is 7.05 Å². The Balaban J connectivity index is 0.00000256. The molecule has 2 aliphatic rings. The molecule has 2 heterocycles. The molecule has 2 aromatic rings. The van der Waals surface area contributed by atoms with E-state index in [9.17, 15) is 4.79 Å². The van der Waals surface area contributed by atoms with E-state index >= 15 is 0 Å². The topological polar surface area (TPSA) is 60.0 Å². The van der Waals surface area contributed by atoms with Gasteiger partial charge in [-0.15, -0.1) is 24.0 Å². The number of hydrogen-bond acceptors (Lipinski definition) is 3. The van der Waals surface area contributed by atoms with Crippen molar-refractivity contribution in [2.45, 2.75) is 25.3 Å². The first kappa shape index (κ1) is 22.4. The summed E-state index contributed by atoms with van der Waals surface area (Å²) in [6, 6.07) is 19.0. The molecule has 1 unspecified atom stereocenters. The molecule has 1 amide bonds. The van der Waals surface area contributed by atoms with Gasteiger partial charge >= 0.3 is 0 Å². The first-order valence-corrected chi connectivity index (χ1v) is 10.4.